The number of carboxylic acids is 1. The molecule has 1 aromatic rings. The van der Waals surface area contributed by atoms with E-state index in [4.69, 9.17) is 4.74 Å². The number of para-hydroxylation sites is 1. The van der Waals surface area contributed by atoms with Gasteiger partial charge in [0, 0.05) is 10.6 Å². The van der Waals surface area contributed by atoms with Gasteiger partial charge in [-0.25, -0.2) is 0 Å². The van der Waals surface area contributed by atoms with Crippen molar-refractivity contribution >= 4 is 17.7 Å². The number of carbonyl (C=O) groups is 1. The molecule has 0 spiro atoms. The van der Waals surface area contributed by atoms with Gasteiger partial charge in [-0.2, -0.15) is 0 Å². The SMILES string of the molecule is CCNC(CSc1ccccc1OC)(C(=O)O)C1CC1. The molecule has 20 heavy (non-hydrogen) atoms. The first-order chi connectivity index (χ1) is 9.64. The summed E-state index contributed by atoms with van der Waals surface area (Å²) in [5.74, 6) is 0.803. The monoisotopic (exact) mass is 295 g/mol. The molecule has 0 bridgehead atoms. The highest BCUT2D eigenvalue weighted by molar-refractivity contribution is 7.99. The molecule has 1 unspecified atom stereocenters. The standard InChI is InChI=1S/C15H21NO3S/c1-3-16-15(14(17)18,11-8-9-11)10-20-13-7-5-4-6-12(13)19-2/h4-7,11,16H,3,8-10H2,1-2H3,(H,17,18). The Morgan fingerprint density at radius 1 is 1.50 bits per heavy atom. The zero-order valence-electron chi connectivity index (χ0n) is 11.9. The van der Waals surface area contributed by atoms with Crippen LogP contribution >= 0.6 is 11.8 Å². The van der Waals surface area contributed by atoms with Gasteiger partial charge in [0.2, 0.25) is 0 Å². The van der Waals surface area contributed by atoms with E-state index in [-0.39, 0.29) is 5.92 Å². The maximum absolute atomic E-state index is 11.8. The molecular formula is C15H21NO3S. The van der Waals surface area contributed by atoms with Crippen LogP contribution in [0.2, 0.25) is 0 Å². The van der Waals surface area contributed by atoms with Gasteiger partial charge in [0.05, 0.1) is 7.11 Å². The smallest absolute Gasteiger partial charge is 0.325 e. The summed E-state index contributed by atoms with van der Waals surface area (Å²) in [6.07, 6.45) is 1.98. The molecule has 1 aliphatic carbocycles. The summed E-state index contributed by atoms with van der Waals surface area (Å²) < 4.78 is 5.32. The van der Waals surface area contributed by atoms with Crippen LogP contribution in [0.25, 0.3) is 0 Å². The van der Waals surface area contributed by atoms with Crippen LogP contribution in [0.1, 0.15) is 19.8 Å². The van der Waals surface area contributed by atoms with Crippen LogP contribution in [0.4, 0.5) is 0 Å². The lowest BCUT2D eigenvalue weighted by Crippen LogP contribution is -2.56. The van der Waals surface area contributed by atoms with Gasteiger partial charge in [-0.3, -0.25) is 4.79 Å². The van der Waals surface area contributed by atoms with Crippen molar-refractivity contribution in [2.75, 3.05) is 19.4 Å². The van der Waals surface area contributed by atoms with Gasteiger partial charge in [-0.15, -0.1) is 11.8 Å². The Labute approximate surface area is 123 Å². The molecule has 0 saturated heterocycles. The van der Waals surface area contributed by atoms with Crippen LogP contribution in [-0.2, 0) is 4.79 Å². The summed E-state index contributed by atoms with van der Waals surface area (Å²) in [4.78, 5) is 12.7. The molecule has 0 heterocycles. The number of benzene rings is 1. The van der Waals surface area contributed by atoms with E-state index in [0.29, 0.717) is 12.3 Å². The van der Waals surface area contributed by atoms with E-state index >= 15 is 0 Å². The summed E-state index contributed by atoms with van der Waals surface area (Å²) >= 11 is 1.55. The topological polar surface area (TPSA) is 58.6 Å². The van der Waals surface area contributed by atoms with Crippen LogP contribution in [0, 0.1) is 5.92 Å². The summed E-state index contributed by atoms with van der Waals surface area (Å²) in [6.45, 7) is 2.61. The Kier molecular flexibility index (Phi) is 4.94. The number of nitrogens with one attached hydrogen (secondary N) is 1. The Bertz CT molecular complexity index is 476. The van der Waals surface area contributed by atoms with E-state index in [0.717, 1.165) is 23.5 Å². The van der Waals surface area contributed by atoms with Crippen molar-refractivity contribution in [1.82, 2.24) is 5.32 Å². The van der Waals surface area contributed by atoms with Crippen LogP contribution in [0.5, 0.6) is 5.75 Å². The molecule has 0 amide bonds. The van der Waals surface area contributed by atoms with Gasteiger partial charge in [-0.1, -0.05) is 19.1 Å². The predicted octanol–water partition coefficient (Wildman–Crippen LogP) is 2.63. The summed E-state index contributed by atoms with van der Waals surface area (Å²) in [5, 5.41) is 12.9. The van der Waals surface area contributed by atoms with Crippen molar-refractivity contribution in [1.29, 1.82) is 0 Å². The lowest BCUT2D eigenvalue weighted by Gasteiger charge is -2.30. The average Bonchev–Trinajstić information content (AvgIpc) is 3.28. The number of carboxylic acid groups (broad SMARTS) is 1. The minimum absolute atomic E-state index is 0.238. The number of hydrogen-bond acceptors (Lipinski definition) is 4. The minimum Gasteiger partial charge on any atom is -0.496 e. The van der Waals surface area contributed by atoms with Crippen LogP contribution in [-0.4, -0.2) is 36.0 Å². The van der Waals surface area contributed by atoms with E-state index in [2.05, 4.69) is 5.32 Å². The molecule has 0 aromatic heterocycles. The first-order valence-corrected chi connectivity index (χ1v) is 7.87. The van der Waals surface area contributed by atoms with Crippen LogP contribution < -0.4 is 10.1 Å². The first kappa shape index (κ1) is 15.2. The predicted molar refractivity (Wildman–Crippen MR) is 80.5 cm³/mol. The van der Waals surface area contributed by atoms with Gasteiger partial charge >= 0.3 is 5.97 Å². The highest BCUT2D eigenvalue weighted by Crippen LogP contribution is 2.43. The molecular weight excluding hydrogens is 274 g/mol. The van der Waals surface area contributed by atoms with Crippen molar-refractivity contribution in [2.24, 2.45) is 5.92 Å². The molecule has 1 saturated carbocycles. The molecule has 2 N–H and O–H groups in total. The number of ether oxygens (including phenoxy) is 1. The maximum Gasteiger partial charge on any atom is 0.325 e. The summed E-state index contributed by atoms with van der Waals surface area (Å²) in [6, 6.07) is 7.72. The van der Waals surface area contributed by atoms with Gasteiger partial charge in [-0.05, 0) is 37.4 Å². The second kappa shape index (κ2) is 6.50. The van der Waals surface area contributed by atoms with Gasteiger partial charge in [0.15, 0.2) is 0 Å². The highest BCUT2D eigenvalue weighted by atomic mass is 32.2. The van der Waals surface area contributed by atoms with Crippen molar-refractivity contribution in [2.45, 2.75) is 30.2 Å². The quantitative estimate of drug-likeness (QED) is 0.722. The van der Waals surface area contributed by atoms with Gasteiger partial charge in [0.1, 0.15) is 11.3 Å². The van der Waals surface area contributed by atoms with E-state index in [1.165, 1.54) is 0 Å². The molecule has 2 rings (SSSR count). The zero-order chi connectivity index (χ0) is 14.6. The van der Waals surface area contributed by atoms with E-state index in [1.807, 2.05) is 31.2 Å². The first-order valence-electron chi connectivity index (χ1n) is 6.88. The molecule has 0 radical (unpaired) electrons. The maximum atomic E-state index is 11.8. The molecule has 1 atom stereocenters. The third kappa shape index (κ3) is 3.10. The summed E-state index contributed by atoms with van der Waals surface area (Å²) in [7, 11) is 1.63. The molecule has 1 aromatic carbocycles. The number of aliphatic carboxylic acids is 1. The molecule has 1 fully saturated rings. The van der Waals surface area contributed by atoms with E-state index in [9.17, 15) is 9.90 Å². The van der Waals surface area contributed by atoms with Crippen molar-refractivity contribution < 1.29 is 14.6 Å². The lowest BCUT2D eigenvalue weighted by atomic mass is 9.96. The van der Waals surface area contributed by atoms with Crippen LogP contribution in [0.3, 0.4) is 0 Å². The Hall–Kier alpha value is -1.20. The second-order valence-electron chi connectivity index (χ2n) is 5.02. The normalized spacial score (nSPS) is 17.5. The second-order valence-corrected chi connectivity index (χ2v) is 6.04. The van der Waals surface area contributed by atoms with Gasteiger partial charge in [0.25, 0.3) is 0 Å². The van der Waals surface area contributed by atoms with Crippen molar-refractivity contribution in [3.8, 4) is 5.75 Å². The third-order valence-electron chi connectivity index (χ3n) is 3.67. The fourth-order valence-corrected chi connectivity index (χ4v) is 3.76. The number of thioether (sulfide) groups is 1. The fourth-order valence-electron chi connectivity index (χ4n) is 2.45. The minimum atomic E-state index is -0.819. The molecule has 0 aliphatic heterocycles. The Morgan fingerprint density at radius 2 is 2.20 bits per heavy atom. The number of methoxy groups -OCH3 is 1. The fraction of sp³-hybridized carbons (Fsp3) is 0.533. The number of rotatable bonds is 8. The Morgan fingerprint density at radius 3 is 2.75 bits per heavy atom. The van der Waals surface area contributed by atoms with Crippen LogP contribution in [0.15, 0.2) is 29.2 Å². The third-order valence-corrected chi connectivity index (χ3v) is 4.92. The largest absolute Gasteiger partial charge is 0.496 e. The zero-order valence-corrected chi connectivity index (χ0v) is 12.7. The van der Waals surface area contributed by atoms with Gasteiger partial charge < -0.3 is 15.2 Å². The number of likely N-dealkylation sites (N-methyl/N-ethyl adjacent to an activating group) is 1. The van der Waals surface area contributed by atoms with E-state index in [1.54, 1.807) is 18.9 Å². The molecule has 110 valence electrons. The van der Waals surface area contributed by atoms with Crippen molar-refractivity contribution in [3.63, 3.8) is 0 Å². The molecule has 4 nitrogen and oxygen atoms in total. The molecule has 1 aliphatic rings. The molecule has 5 heteroatoms. The number of hydrogen-bond donors (Lipinski definition) is 2. The average molecular weight is 295 g/mol. The van der Waals surface area contributed by atoms with Crippen molar-refractivity contribution in [3.05, 3.63) is 24.3 Å². The highest BCUT2D eigenvalue weighted by Gasteiger charge is 2.50. The summed E-state index contributed by atoms with van der Waals surface area (Å²) in [5.41, 5.74) is -0.819. The Balaban J connectivity index is 2.14. The van der Waals surface area contributed by atoms with E-state index < -0.39 is 11.5 Å². The lowest BCUT2D eigenvalue weighted by molar-refractivity contribution is -0.144.